The Labute approximate surface area is 813 Å². The van der Waals surface area contributed by atoms with Gasteiger partial charge in [-0.2, -0.15) is 0 Å². The molecule has 4 aromatic carbocycles. The third kappa shape index (κ3) is 37.2. The van der Waals surface area contributed by atoms with Gasteiger partial charge in [0.2, 0.25) is 94.5 Å². The molecule has 2 fully saturated rings. The highest BCUT2D eigenvalue weighted by Crippen LogP contribution is 2.29. The summed E-state index contributed by atoms with van der Waals surface area (Å²) in [6, 6.07) is 7.25. The zero-order valence-electron chi connectivity index (χ0n) is 80.3. The van der Waals surface area contributed by atoms with E-state index in [-0.39, 0.29) is 100 Å². The topological polar surface area (TPSA) is 639 Å². The Morgan fingerprint density at radius 1 is 0.446 bits per heavy atom. The molecule has 1 saturated carbocycles. The first-order valence-corrected chi connectivity index (χ1v) is 48.3. The SMILES string of the molecule is CCC[C@@H]1NC(=O)[C@H](Cc2ccc(-c3ccccc3)cc2)NC(=O)[C@H](C(C)C)NC(=O)[C@H](Cc2cccc(C)c2)NC(=O)[C@H](CC(=O)O)NC(=O)[C@H](Cc2ccc(C(=O)O)cc2)NC(=O)[C@H](Cc2ccncc2)NC(=O)CSC[C@@H](C(=O)N[C@@H](C)C(N)=O)NC(=O)[C@H]([C@@H](C)O)NC(=O)[C@H](C(C)C)NC(=O)[C@H](CC2CCCCC2)NC(=O)[C@H](CCN)NC(=O)[C@@H](CC(C)C)NC(=O)[C@H](CCCN)NC1=O. The van der Waals surface area contributed by atoms with Crippen molar-refractivity contribution < 1.29 is 102 Å². The van der Waals surface area contributed by atoms with Gasteiger partial charge in [-0.15, -0.1) is 11.8 Å². The summed E-state index contributed by atoms with van der Waals surface area (Å²) in [4.78, 5) is 265. The number of aliphatic hydroxyl groups excluding tert-OH is 1. The molecule has 24 N–H and O–H groups in total. The van der Waals surface area contributed by atoms with Crippen molar-refractivity contribution in [1.82, 2.24) is 84.7 Å². The van der Waals surface area contributed by atoms with Gasteiger partial charge in [0.05, 0.1) is 23.8 Å². The van der Waals surface area contributed by atoms with Crippen molar-refractivity contribution in [3.63, 3.8) is 0 Å². The number of hydrogen-bond acceptors (Lipinski definition) is 23. The van der Waals surface area contributed by atoms with E-state index in [0.717, 1.165) is 37.3 Å². The summed E-state index contributed by atoms with van der Waals surface area (Å²) in [7, 11) is 0. The third-order valence-electron chi connectivity index (χ3n) is 23.8. The van der Waals surface area contributed by atoms with Crippen LogP contribution in [0.5, 0.6) is 0 Å². The summed E-state index contributed by atoms with van der Waals surface area (Å²) in [5.41, 5.74) is 21.4. The third-order valence-corrected chi connectivity index (χ3v) is 24.8. The molecule has 16 amide bonds. The van der Waals surface area contributed by atoms with Crippen LogP contribution in [0.2, 0.25) is 0 Å². The summed E-state index contributed by atoms with van der Waals surface area (Å²) in [6.45, 7) is 15.5. The van der Waals surface area contributed by atoms with Crippen LogP contribution in [0.25, 0.3) is 11.1 Å². The van der Waals surface area contributed by atoms with E-state index in [1.165, 1.54) is 55.7 Å². The molecule has 1 aliphatic carbocycles. The van der Waals surface area contributed by atoms with Gasteiger partial charge < -0.3 is 112 Å². The van der Waals surface area contributed by atoms with Gasteiger partial charge in [-0.05, 0) is 154 Å². The minimum atomic E-state index is -2.09. The number of nitrogens with zero attached hydrogens (tertiary/aromatic N) is 1. The highest BCUT2D eigenvalue weighted by Gasteiger charge is 2.42. The van der Waals surface area contributed by atoms with Crippen molar-refractivity contribution in [2.24, 2.45) is 40.9 Å². The molecule has 7 rings (SSSR count). The van der Waals surface area contributed by atoms with E-state index in [2.05, 4.69) is 84.7 Å². The first-order chi connectivity index (χ1) is 66.0. The fourth-order valence-electron chi connectivity index (χ4n) is 16.0. The number of benzene rings is 4. The average molecular weight is 1950 g/mol. The van der Waals surface area contributed by atoms with Crippen molar-refractivity contribution in [2.75, 3.05) is 24.6 Å². The van der Waals surface area contributed by atoms with Crippen molar-refractivity contribution in [3.8, 4) is 11.1 Å². The zero-order valence-corrected chi connectivity index (χ0v) is 81.1. The minimum absolute atomic E-state index is 0.0283. The lowest BCUT2D eigenvalue weighted by molar-refractivity contribution is -0.141. The second kappa shape index (κ2) is 56.6. The highest BCUT2D eigenvalue weighted by molar-refractivity contribution is 8.00. The van der Waals surface area contributed by atoms with Crippen LogP contribution >= 0.6 is 11.8 Å². The van der Waals surface area contributed by atoms with E-state index in [4.69, 9.17) is 17.2 Å². The minimum Gasteiger partial charge on any atom is -0.481 e. The number of carbonyl (C=O) groups excluding carboxylic acids is 16. The quantitative estimate of drug-likeness (QED) is 0.0312. The molecule has 2 heterocycles. The lowest BCUT2D eigenvalue weighted by Gasteiger charge is -2.31. The molecular weight excluding hydrogens is 1810 g/mol. The smallest absolute Gasteiger partial charge is 0.335 e. The number of primary amides is 1. The number of amides is 16. The number of pyridine rings is 1. The average Bonchev–Trinajstić information content (AvgIpc) is 0.842. The molecule has 41 heteroatoms. The summed E-state index contributed by atoms with van der Waals surface area (Å²) < 4.78 is 0. The van der Waals surface area contributed by atoms with Gasteiger partial charge in [0.25, 0.3) is 0 Å². The van der Waals surface area contributed by atoms with Crippen LogP contribution in [0.15, 0.2) is 128 Å². The number of hydrogen-bond donors (Lipinski definition) is 21. The van der Waals surface area contributed by atoms with E-state index in [1.807, 2.05) is 30.3 Å². The number of nitrogens with two attached hydrogens (primary N) is 3. The molecule has 0 radical (unpaired) electrons. The monoisotopic (exact) mass is 1950 g/mol. The Kier molecular flexibility index (Phi) is 45.9. The first-order valence-electron chi connectivity index (χ1n) is 47.2. The van der Waals surface area contributed by atoms with Gasteiger partial charge in [-0.3, -0.25) is 86.5 Å². The summed E-state index contributed by atoms with van der Waals surface area (Å²) in [5, 5.41) is 71.3. The molecule has 2 aliphatic rings. The van der Waals surface area contributed by atoms with Crippen LogP contribution in [0.4, 0.5) is 0 Å². The van der Waals surface area contributed by atoms with Gasteiger partial charge in [0.1, 0.15) is 90.6 Å². The van der Waals surface area contributed by atoms with Gasteiger partial charge in [-0.1, -0.05) is 184 Å². The maximum atomic E-state index is 15.3. The summed E-state index contributed by atoms with van der Waals surface area (Å²) in [6.07, 6.45) is 2.34. The van der Waals surface area contributed by atoms with Crippen LogP contribution in [0.1, 0.15) is 184 Å². The fraction of sp³-hybridized carbons (Fsp3) is 0.520. The number of aliphatic hydroxyl groups is 1. The van der Waals surface area contributed by atoms with E-state index < -0.39 is 239 Å². The van der Waals surface area contributed by atoms with Crippen LogP contribution < -0.4 is 97.0 Å². The molecule has 5 aromatic rings. The van der Waals surface area contributed by atoms with E-state index in [9.17, 15) is 72.9 Å². The predicted octanol–water partition coefficient (Wildman–Crippen LogP) is 0.622. The number of aryl methyl sites for hydroxylation is 1. The maximum absolute atomic E-state index is 15.3. The van der Waals surface area contributed by atoms with Crippen LogP contribution in [0, 0.1) is 30.6 Å². The number of aromatic nitrogens is 1. The van der Waals surface area contributed by atoms with Crippen molar-refractivity contribution in [2.45, 2.75) is 275 Å². The largest absolute Gasteiger partial charge is 0.481 e. The van der Waals surface area contributed by atoms with Gasteiger partial charge >= 0.3 is 11.9 Å². The second-order valence-corrected chi connectivity index (χ2v) is 37.6. The maximum Gasteiger partial charge on any atom is 0.335 e. The Morgan fingerprint density at radius 2 is 0.878 bits per heavy atom. The number of nitrogens with one attached hydrogen (secondary N) is 15. The molecule has 0 spiro atoms. The normalized spacial score (nSPS) is 23.9. The molecule has 0 bridgehead atoms. The standard InChI is InChI=1S/C98H137N19O21S/c1-11-20-67-84(123)106-68(27-19-39-99)85(124)108-70(43-53(2)3)87(126)107-69(36-40-100)86(125)109-74(45-59-22-14-12-15-23-59)92(131)116-81(55(6)7)96(135)117-82(58(10)118)97(136)114-77(94(133)103-57(9)83(101)122)51-139-52-78(119)104-71(48-62-37-41-102-42-38-62)88(127)110-72(46-61-30-34-66(35-31-61)98(137)138)90(129)112-76(50-79(120)121)91(130)111-75(49-63-24-18-21-56(8)44-63)93(132)115-80(54(4)5)95(134)113-73(89(128)105-67)47-60-28-32-65(33-29-60)64-25-16-13-17-26-64/h13,16-18,21,24-26,28-35,37-38,41-42,44,53-55,57-59,67-77,80-82,118H,11-12,14-15,19-20,22-23,27,36,39-40,43,45-52,99-100H2,1-10H3,(H2,101,122)(H,103,133)(H,104,119)(H,105,128)(H,106,123)(H,107,126)(H,108,124)(H,109,125)(H,110,127)(H,111,130)(H,112,129)(H,113,134)(H,114,136)(H,115,132)(H,116,131)(H,117,135)(H,120,121)(H,137,138)/t57-,58+,67-,68-,69-,70+,71-,72-,73-,74-,75-,76-,77-,80-,81-,82-/m0/s1. The molecular formula is C98H137N19O21S. The zero-order chi connectivity index (χ0) is 102. The number of rotatable bonds is 29. The van der Waals surface area contributed by atoms with Crippen LogP contribution in [0.3, 0.4) is 0 Å². The van der Waals surface area contributed by atoms with E-state index in [1.54, 1.807) is 104 Å². The number of aliphatic carboxylic acids is 1. The first kappa shape index (κ1) is 113. The molecule has 40 nitrogen and oxygen atoms in total. The molecule has 0 unspecified atom stereocenters. The van der Waals surface area contributed by atoms with Crippen molar-refractivity contribution in [1.29, 1.82) is 0 Å². The van der Waals surface area contributed by atoms with Gasteiger partial charge in [0.15, 0.2) is 0 Å². The molecule has 139 heavy (non-hydrogen) atoms. The van der Waals surface area contributed by atoms with Gasteiger partial charge in [0, 0.05) is 43.8 Å². The van der Waals surface area contributed by atoms with Gasteiger partial charge in [-0.25, -0.2) is 4.79 Å². The Morgan fingerprint density at radius 3 is 1.38 bits per heavy atom. The number of thioether (sulfide) groups is 1. The fourth-order valence-corrected chi connectivity index (χ4v) is 16.9. The molecule has 756 valence electrons. The summed E-state index contributed by atoms with van der Waals surface area (Å²) >= 11 is 0.699. The molecule has 16 atom stereocenters. The van der Waals surface area contributed by atoms with Crippen molar-refractivity contribution >= 4 is 118 Å². The lowest BCUT2D eigenvalue weighted by atomic mass is 9.84. The molecule has 1 aliphatic heterocycles. The predicted molar refractivity (Wildman–Crippen MR) is 518 cm³/mol. The Bertz CT molecular complexity index is 5030. The molecule has 1 saturated heterocycles. The second-order valence-electron chi connectivity index (χ2n) is 36.6. The highest BCUT2D eigenvalue weighted by atomic mass is 32.2. The number of carboxylic acid groups (broad SMARTS) is 2. The molecule has 1 aromatic heterocycles. The van der Waals surface area contributed by atoms with Crippen molar-refractivity contribution in [3.05, 3.63) is 161 Å². The summed E-state index contributed by atoms with van der Waals surface area (Å²) in [5.74, 6) is -22.1. The Hall–Kier alpha value is -13.3. The lowest BCUT2D eigenvalue weighted by Crippen LogP contribution is -2.63. The van der Waals surface area contributed by atoms with Crippen LogP contribution in [-0.2, 0) is 107 Å². The van der Waals surface area contributed by atoms with Crippen LogP contribution in [-0.4, -0.2) is 248 Å². The number of carbonyl (C=O) groups is 18. The Balaban J connectivity index is 1.34. The van der Waals surface area contributed by atoms with E-state index >= 15 is 28.8 Å². The number of aromatic carboxylic acids is 1. The van der Waals surface area contributed by atoms with E-state index in [0.29, 0.717) is 46.9 Å². The number of carboxylic acids is 2.